The second kappa shape index (κ2) is 5.77. The second-order valence-corrected chi connectivity index (χ2v) is 5.46. The van der Waals surface area contributed by atoms with Crippen LogP contribution in [0.1, 0.15) is 32.1 Å². The highest BCUT2D eigenvalue weighted by Crippen LogP contribution is 2.30. The highest BCUT2D eigenvalue weighted by Gasteiger charge is 2.15. The summed E-state index contributed by atoms with van der Waals surface area (Å²) in [5, 5.41) is 5.25. The fourth-order valence-electron chi connectivity index (χ4n) is 2.18. The van der Waals surface area contributed by atoms with Gasteiger partial charge in [0.25, 0.3) is 0 Å². The molecule has 0 unspecified atom stereocenters. The van der Waals surface area contributed by atoms with Crippen molar-refractivity contribution in [2.24, 2.45) is 5.92 Å². The normalized spacial score (nSPS) is 11.6. The van der Waals surface area contributed by atoms with E-state index in [1.165, 1.54) is 5.56 Å². The van der Waals surface area contributed by atoms with Gasteiger partial charge in [-0.05, 0) is 37.1 Å². The molecular weight excluding hydrogens is 246 g/mol. The first-order valence-electron chi connectivity index (χ1n) is 6.52. The van der Waals surface area contributed by atoms with Crippen molar-refractivity contribution in [3.05, 3.63) is 34.5 Å². The van der Waals surface area contributed by atoms with Crippen LogP contribution >= 0.6 is 11.6 Å². The Labute approximate surface area is 113 Å². The quantitative estimate of drug-likeness (QED) is 0.867. The monoisotopic (exact) mass is 265 g/mol. The Morgan fingerprint density at radius 1 is 1.33 bits per heavy atom. The summed E-state index contributed by atoms with van der Waals surface area (Å²) < 4.78 is 5.94. The first-order chi connectivity index (χ1) is 8.61. The van der Waals surface area contributed by atoms with Crippen LogP contribution in [0.3, 0.4) is 0 Å². The van der Waals surface area contributed by atoms with Crippen molar-refractivity contribution in [1.82, 2.24) is 5.32 Å². The lowest BCUT2D eigenvalue weighted by atomic mass is 10.00. The fourth-order valence-corrected chi connectivity index (χ4v) is 2.36. The molecule has 0 radical (unpaired) electrons. The van der Waals surface area contributed by atoms with E-state index in [1.54, 1.807) is 0 Å². The molecule has 1 aromatic heterocycles. The van der Waals surface area contributed by atoms with Gasteiger partial charge in [0.05, 0.1) is 6.54 Å². The molecule has 2 nitrogen and oxygen atoms in total. The Morgan fingerprint density at radius 2 is 2.11 bits per heavy atom. The molecule has 0 bridgehead atoms. The SMILES string of the molecule is CCNCc1oc2ccc(Cl)cc2c1CC(C)C. The Morgan fingerprint density at radius 3 is 2.78 bits per heavy atom. The Balaban J connectivity index is 2.47. The Hall–Kier alpha value is -0.990. The molecular formula is C15H20ClNO. The zero-order valence-electron chi connectivity index (χ0n) is 11.2. The van der Waals surface area contributed by atoms with Gasteiger partial charge < -0.3 is 9.73 Å². The summed E-state index contributed by atoms with van der Waals surface area (Å²) in [5.74, 6) is 1.65. The van der Waals surface area contributed by atoms with E-state index < -0.39 is 0 Å². The molecule has 0 aliphatic rings. The van der Waals surface area contributed by atoms with E-state index in [2.05, 4.69) is 26.1 Å². The zero-order valence-corrected chi connectivity index (χ0v) is 12.0. The molecule has 2 aromatic rings. The van der Waals surface area contributed by atoms with Crippen LogP contribution in [0.2, 0.25) is 5.02 Å². The minimum atomic E-state index is 0.602. The van der Waals surface area contributed by atoms with Crippen LogP contribution in [0.25, 0.3) is 11.0 Å². The lowest BCUT2D eigenvalue weighted by Gasteiger charge is -2.06. The number of halogens is 1. The second-order valence-electron chi connectivity index (χ2n) is 5.02. The third kappa shape index (κ3) is 2.88. The number of fused-ring (bicyclic) bond motifs is 1. The predicted octanol–water partition coefficient (Wildman–Crippen LogP) is 4.39. The van der Waals surface area contributed by atoms with Crippen LogP contribution in [0.5, 0.6) is 0 Å². The Bertz CT molecular complexity index is 531. The fraction of sp³-hybridized carbons (Fsp3) is 0.467. The number of hydrogen-bond acceptors (Lipinski definition) is 2. The minimum absolute atomic E-state index is 0.602. The summed E-state index contributed by atoms with van der Waals surface area (Å²) >= 11 is 6.08. The van der Waals surface area contributed by atoms with E-state index in [9.17, 15) is 0 Å². The summed E-state index contributed by atoms with van der Waals surface area (Å²) in [5.41, 5.74) is 2.23. The Kier molecular flexibility index (Phi) is 4.31. The third-order valence-electron chi connectivity index (χ3n) is 2.98. The summed E-state index contributed by atoms with van der Waals surface area (Å²) in [6.45, 7) is 8.27. The van der Waals surface area contributed by atoms with Gasteiger partial charge in [0.1, 0.15) is 11.3 Å². The van der Waals surface area contributed by atoms with Crippen molar-refractivity contribution in [3.63, 3.8) is 0 Å². The van der Waals surface area contributed by atoms with Crippen LogP contribution in [-0.2, 0) is 13.0 Å². The molecule has 98 valence electrons. The molecule has 0 saturated heterocycles. The zero-order chi connectivity index (χ0) is 13.1. The molecule has 1 heterocycles. The average molecular weight is 266 g/mol. The van der Waals surface area contributed by atoms with E-state index >= 15 is 0 Å². The molecule has 0 fully saturated rings. The lowest BCUT2D eigenvalue weighted by Crippen LogP contribution is -2.12. The molecule has 1 N–H and O–H groups in total. The van der Waals surface area contributed by atoms with Crippen molar-refractivity contribution in [1.29, 1.82) is 0 Å². The largest absolute Gasteiger partial charge is 0.459 e. The molecule has 2 rings (SSSR count). The molecule has 0 amide bonds. The third-order valence-corrected chi connectivity index (χ3v) is 3.22. The van der Waals surface area contributed by atoms with E-state index in [4.69, 9.17) is 16.0 Å². The molecule has 1 aromatic carbocycles. The summed E-state index contributed by atoms with van der Waals surface area (Å²) in [7, 11) is 0. The topological polar surface area (TPSA) is 25.2 Å². The van der Waals surface area contributed by atoms with E-state index in [-0.39, 0.29) is 0 Å². The van der Waals surface area contributed by atoms with Crippen LogP contribution in [0.4, 0.5) is 0 Å². The standard InChI is InChI=1S/C15H20ClNO/c1-4-17-9-15-12(7-10(2)3)13-8-11(16)5-6-14(13)18-15/h5-6,8,10,17H,4,7,9H2,1-3H3. The molecule has 0 aliphatic heterocycles. The summed E-state index contributed by atoms with van der Waals surface area (Å²) in [4.78, 5) is 0. The minimum Gasteiger partial charge on any atom is -0.459 e. The molecule has 0 spiro atoms. The lowest BCUT2D eigenvalue weighted by molar-refractivity contribution is 0.506. The van der Waals surface area contributed by atoms with E-state index in [1.807, 2.05) is 18.2 Å². The molecule has 0 saturated carbocycles. The maximum atomic E-state index is 6.08. The smallest absolute Gasteiger partial charge is 0.134 e. The predicted molar refractivity (Wildman–Crippen MR) is 77.1 cm³/mol. The number of hydrogen-bond donors (Lipinski definition) is 1. The number of benzene rings is 1. The van der Waals surface area contributed by atoms with Gasteiger partial charge in [0.2, 0.25) is 0 Å². The van der Waals surface area contributed by atoms with Crippen LogP contribution in [0.15, 0.2) is 22.6 Å². The van der Waals surface area contributed by atoms with E-state index in [0.717, 1.165) is 41.3 Å². The van der Waals surface area contributed by atoms with Gasteiger partial charge in [-0.3, -0.25) is 0 Å². The van der Waals surface area contributed by atoms with Crippen LogP contribution < -0.4 is 5.32 Å². The van der Waals surface area contributed by atoms with Gasteiger partial charge in [-0.1, -0.05) is 32.4 Å². The van der Waals surface area contributed by atoms with Crippen molar-refractivity contribution >= 4 is 22.6 Å². The van der Waals surface area contributed by atoms with Crippen molar-refractivity contribution in [2.75, 3.05) is 6.54 Å². The highest BCUT2D eigenvalue weighted by atomic mass is 35.5. The maximum absolute atomic E-state index is 6.08. The first kappa shape index (κ1) is 13.4. The summed E-state index contributed by atoms with van der Waals surface area (Å²) in [6.07, 6.45) is 1.02. The van der Waals surface area contributed by atoms with Crippen molar-refractivity contribution < 1.29 is 4.42 Å². The highest BCUT2D eigenvalue weighted by molar-refractivity contribution is 6.31. The van der Waals surface area contributed by atoms with E-state index in [0.29, 0.717) is 5.92 Å². The van der Waals surface area contributed by atoms with Gasteiger partial charge >= 0.3 is 0 Å². The first-order valence-corrected chi connectivity index (χ1v) is 6.90. The van der Waals surface area contributed by atoms with Gasteiger partial charge in [0.15, 0.2) is 0 Å². The summed E-state index contributed by atoms with van der Waals surface area (Å²) in [6, 6.07) is 5.84. The van der Waals surface area contributed by atoms with Gasteiger partial charge in [0, 0.05) is 16.0 Å². The average Bonchev–Trinajstić information content (AvgIpc) is 2.64. The molecule has 3 heteroatoms. The van der Waals surface area contributed by atoms with Gasteiger partial charge in [-0.25, -0.2) is 0 Å². The number of rotatable bonds is 5. The van der Waals surface area contributed by atoms with Crippen LogP contribution in [0, 0.1) is 5.92 Å². The molecule has 0 aliphatic carbocycles. The number of nitrogens with one attached hydrogen (secondary N) is 1. The van der Waals surface area contributed by atoms with Crippen molar-refractivity contribution in [3.8, 4) is 0 Å². The molecule has 0 atom stereocenters. The number of furan rings is 1. The van der Waals surface area contributed by atoms with Gasteiger partial charge in [-0.15, -0.1) is 0 Å². The van der Waals surface area contributed by atoms with Crippen LogP contribution in [-0.4, -0.2) is 6.54 Å². The van der Waals surface area contributed by atoms with Gasteiger partial charge in [-0.2, -0.15) is 0 Å². The van der Waals surface area contributed by atoms with Crippen molar-refractivity contribution in [2.45, 2.75) is 33.7 Å². The molecule has 18 heavy (non-hydrogen) atoms. The maximum Gasteiger partial charge on any atom is 0.134 e.